The lowest BCUT2D eigenvalue weighted by Gasteiger charge is -2.41. The molecule has 0 aromatic heterocycles. The van der Waals surface area contributed by atoms with E-state index >= 15 is 0 Å². The Bertz CT molecular complexity index is 906. The van der Waals surface area contributed by atoms with E-state index in [9.17, 15) is 9.59 Å². The second kappa shape index (κ2) is 9.08. The molecule has 6 nitrogen and oxygen atoms in total. The number of amides is 2. The molecule has 8 heteroatoms. The van der Waals surface area contributed by atoms with Gasteiger partial charge in [0.15, 0.2) is 6.10 Å². The van der Waals surface area contributed by atoms with Crippen LogP contribution in [0.25, 0.3) is 0 Å². The smallest absolute Gasteiger partial charge is 0.269 e. The Morgan fingerprint density at radius 3 is 2.21 bits per heavy atom. The quantitative estimate of drug-likeness (QED) is 0.623. The van der Waals surface area contributed by atoms with E-state index in [2.05, 4.69) is 0 Å². The molecule has 154 valence electrons. The molecule has 2 aromatic carbocycles. The third-order valence-corrected chi connectivity index (χ3v) is 9.87. The summed E-state index contributed by atoms with van der Waals surface area (Å²) in [6, 6.07) is 18.5. The third kappa shape index (κ3) is 4.08. The predicted molar refractivity (Wildman–Crippen MR) is 119 cm³/mol. The normalized spacial score (nSPS) is 20.2. The molecule has 3 rings (SSSR count). The van der Waals surface area contributed by atoms with Gasteiger partial charge in [0.25, 0.3) is 11.8 Å². The number of hydrogen-bond acceptors (Lipinski definition) is 4. The zero-order chi connectivity index (χ0) is 21.0. The van der Waals surface area contributed by atoms with Gasteiger partial charge in [-0.15, -0.1) is 0 Å². The van der Waals surface area contributed by atoms with E-state index in [1.807, 2.05) is 67.0 Å². The van der Waals surface area contributed by atoms with Crippen molar-refractivity contribution in [3.05, 3.63) is 60.7 Å². The van der Waals surface area contributed by atoms with E-state index in [1.54, 1.807) is 28.4 Å². The number of anilines is 1. The maximum Gasteiger partial charge on any atom is 0.269 e. The van der Waals surface area contributed by atoms with Crippen LogP contribution >= 0.6 is 6.49 Å². The highest BCUT2D eigenvalue weighted by Crippen LogP contribution is 2.62. The van der Waals surface area contributed by atoms with Gasteiger partial charge in [-0.25, -0.2) is 4.67 Å². The Hall–Kier alpha value is -2.21. The highest BCUT2D eigenvalue weighted by molar-refractivity contribution is 8.13. The van der Waals surface area contributed by atoms with Crippen LogP contribution in [-0.4, -0.2) is 46.9 Å². The monoisotopic (exact) mass is 431 g/mol. The van der Waals surface area contributed by atoms with Crippen LogP contribution in [0, 0.1) is 0 Å². The molecule has 2 aromatic rings. The van der Waals surface area contributed by atoms with Crippen LogP contribution in [0.5, 0.6) is 5.75 Å². The third-order valence-electron chi connectivity index (χ3n) is 4.85. The molecule has 29 heavy (non-hydrogen) atoms. The SMILES string of the molecule is CCN(CC)P1(=S)N(C(=O)C(C)Oc2ccccc2)CC(=O)N1c1ccccc1. The van der Waals surface area contributed by atoms with Gasteiger partial charge in [0, 0.05) is 13.1 Å². The Kier molecular flexibility index (Phi) is 6.73. The summed E-state index contributed by atoms with van der Waals surface area (Å²) in [6.07, 6.45) is -0.751. The Balaban J connectivity index is 1.97. The molecular formula is C21H26N3O3PS. The number of nitrogens with zero attached hydrogens (tertiary/aromatic N) is 3. The van der Waals surface area contributed by atoms with Crippen molar-refractivity contribution in [3.8, 4) is 5.75 Å². The summed E-state index contributed by atoms with van der Waals surface area (Å²) in [7, 11) is 0. The van der Waals surface area contributed by atoms with Gasteiger partial charge in [0.1, 0.15) is 12.3 Å². The topological polar surface area (TPSA) is 53.1 Å². The highest BCUT2D eigenvalue weighted by atomic mass is 32.4. The summed E-state index contributed by atoms with van der Waals surface area (Å²) >= 11 is 6.14. The summed E-state index contributed by atoms with van der Waals surface area (Å²) in [4.78, 5) is 26.4. The average Bonchev–Trinajstić information content (AvgIpc) is 3.00. The summed E-state index contributed by atoms with van der Waals surface area (Å²) in [5.74, 6) is 0.178. The lowest BCUT2D eigenvalue weighted by Crippen LogP contribution is -2.41. The van der Waals surface area contributed by atoms with Crippen molar-refractivity contribution in [2.45, 2.75) is 26.9 Å². The van der Waals surface area contributed by atoms with Crippen LogP contribution in [0.3, 0.4) is 0 Å². The fourth-order valence-corrected chi connectivity index (χ4v) is 8.13. The highest BCUT2D eigenvalue weighted by Gasteiger charge is 2.51. The van der Waals surface area contributed by atoms with Gasteiger partial charge in [0.2, 0.25) is 6.49 Å². The molecule has 0 bridgehead atoms. The molecule has 1 saturated heterocycles. The number of rotatable bonds is 7. The predicted octanol–water partition coefficient (Wildman–Crippen LogP) is 3.90. The maximum absolute atomic E-state index is 13.4. The van der Waals surface area contributed by atoms with E-state index in [-0.39, 0.29) is 18.4 Å². The van der Waals surface area contributed by atoms with E-state index in [4.69, 9.17) is 16.5 Å². The molecule has 1 heterocycles. The van der Waals surface area contributed by atoms with Crippen molar-refractivity contribution in [2.75, 3.05) is 24.3 Å². The first kappa shape index (κ1) is 21.5. The molecule has 0 radical (unpaired) electrons. The first-order valence-electron chi connectivity index (χ1n) is 9.71. The molecule has 0 N–H and O–H groups in total. The van der Waals surface area contributed by atoms with Crippen molar-refractivity contribution in [3.63, 3.8) is 0 Å². The summed E-state index contributed by atoms with van der Waals surface area (Å²) in [6.45, 7) is 4.10. The minimum absolute atomic E-state index is 0.0377. The van der Waals surface area contributed by atoms with Crippen molar-refractivity contribution in [1.82, 2.24) is 9.34 Å². The van der Waals surface area contributed by atoms with Crippen LogP contribution in [0.15, 0.2) is 60.7 Å². The van der Waals surface area contributed by atoms with Crippen molar-refractivity contribution >= 4 is 35.8 Å². The van der Waals surface area contributed by atoms with Crippen LogP contribution in [0.1, 0.15) is 20.8 Å². The zero-order valence-electron chi connectivity index (χ0n) is 16.9. The fraction of sp³-hybridized carbons (Fsp3) is 0.333. The molecule has 1 aliphatic heterocycles. The van der Waals surface area contributed by atoms with Crippen LogP contribution < -0.4 is 9.41 Å². The molecule has 2 atom stereocenters. The number of ether oxygens (including phenoxy) is 1. The van der Waals surface area contributed by atoms with E-state index in [0.717, 1.165) is 5.69 Å². The number of carbonyl (C=O) groups excluding carboxylic acids is 2. The van der Waals surface area contributed by atoms with Crippen LogP contribution in [0.4, 0.5) is 5.69 Å². The first-order chi connectivity index (χ1) is 13.9. The van der Waals surface area contributed by atoms with Gasteiger partial charge in [-0.1, -0.05) is 50.2 Å². The largest absolute Gasteiger partial charge is 0.481 e. The van der Waals surface area contributed by atoms with Gasteiger partial charge in [0.05, 0.1) is 5.69 Å². The van der Waals surface area contributed by atoms with E-state index in [0.29, 0.717) is 18.8 Å². The second-order valence-corrected chi connectivity index (χ2v) is 10.6. The Labute approximate surface area is 177 Å². The van der Waals surface area contributed by atoms with Gasteiger partial charge >= 0.3 is 0 Å². The first-order valence-corrected chi connectivity index (χ1v) is 12.4. The van der Waals surface area contributed by atoms with Gasteiger partial charge in [-0.3, -0.25) is 18.9 Å². The lowest BCUT2D eigenvalue weighted by molar-refractivity contribution is -0.134. The van der Waals surface area contributed by atoms with Crippen LogP contribution in [0.2, 0.25) is 0 Å². The van der Waals surface area contributed by atoms with Crippen LogP contribution in [-0.2, 0) is 21.4 Å². The van der Waals surface area contributed by atoms with Gasteiger partial charge in [-0.05, 0) is 43.0 Å². The molecule has 1 fully saturated rings. The van der Waals surface area contributed by atoms with E-state index < -0.39 is 12.6 Å². The molecule has 2 amide bonds. The fourth-order valence-electron chi connectivity index (χ4n) is 3.45. The molecule has 2 unspecified atom stereocenters. The number of carbonyl (C=O) groups is 2. The number of para-hydroxylation sites is 2. The zero-order valence-corrected chi connectivity index (χ0v) is 18.6. The minimum Gasteiger partial charge on any atom is -0.481 e. The molecule has 0 spiro atoms. The Morgan fingerprint density at radius 1 is 1.10 bits per heavy atom. The Morgan fingerprint density at radius 2 is 1.66 bits per heavy atom. The number of benzene rings is 2. The molecule has 0 aliphatic carbocycles. The number of hydrogen-bond donors (Lipinski definition) is 0. The average molecular weight is 431 g/mol. The van der Waals surface area contributed by atoms with Crippen molar-refractivity contribution < 1.29 is 14.3 Å². The van der Waals surface area contributed by atoms with Crippen molar-refractivity contribution in [1.29, 1.82) is 0 Å². The van der Waals surface area contributed by atoms with Gasteiger partial charge in [-0.2, -0.15) is 0 Å². The maximum atomic E-state index is 13.4. The van der Waals surface area contributed by atoms with Gasteiger partial charge < -0.3 is 4.74 Å². The molecule has 0 saturated carbocycles. The standard InChI is InChI=1S/C21H26N3O3PS/c1-4-22(5-2)28(29)23(16-20(25)24(28)18-12-8-6-9-13-18)21(26)17(3)27-19-14-10-7-11-15-19/h6-15,17H,4-5,16H2,1-3H3. The van der Waals surface area contributed by atoms with Crippen molar-refractivity contribution in [2.24, 2.45) is 0 Å². The van der Waals surface area contributed by atoms with E-state index in [1.165, 1.54) is 0 Å². The molecular weight excluding hydrogens is 405 g/mol. The lowest BCUT2D eigenvalue weighted by atomic mass is 10.3. The second-order valence-electron chi connectivity index (χ2n) is 6.66. The summed E-state index contributed by atoms with van der Waals surface area (Å²) in [5, 5.41) is 0. The minimum atomic E-state index is -2.84. The summed E-state index contributed by atoms with van der Waals surface area (Å²) in [5.41, 5.74) is 0.722. The summed E-state index contributed by atoms with van der Waals surface area (Å²) < 4.78 is 11.1. The molecule has 1 aliphatic rings.